The van der Waals surface area contributed by atoms with Gasteiger partial charge >= 0.3 is 0 Å². The third-order valence-corrected chi connectivity index (χ3v) is 5.70. The van der Waals surface area contributed by atoms with Gasteiger partial charge in [0.05, 0.1) is 6.26 Å². The molecule has 1 aromatic heterocycles. The fourth-order valence-corrected chi connectivity index (χ4v) is 3.79. The molecule has 2 aromatic carbocycles. The predicted molar refractivity (Wildman–Crippen MR) is 126 cm³/mol. The van der Waals surface area contributed by atoms with Crippen molar-refractivity contribution in [3.63, 3.8) is 0 Å². The van der Waals surface area contributed by atoms with Crippen molar-refractivity contribution in [2.24, 2.45) is 0 Å². The van der Waals surface area contributed by atoms with Gasteiger partial charge in [0.15, 0.2) is 0 Å². The van der Waals surface area contributed by atoms with Gasteiger partial charge in [-0.05, 0) is 49.2 Å². The van der Waals surface area contributed by atoms with E-state index < -0.39 is 0 Å². The first kappa shape index (κ1) is 22.4. The number of carbonyl (C=O) groups excluding carboxylic acids is 2. The van der Waals surface area contributed by atoms with Gasteiger partial charge in [-0.3, -0.25) is 9.59 Å². The first-order valence-corrected chi connectivity index (χ1v) is 11.2. The fraction of sp³-hybridized carbons (Fsp3) is 0.200. The van der Waals surface area contributed by atoms with E-state index in [-0.39, 0.29) is 17.5 Å². The maximum atomic E-state index is 12.7. The molecule has 31 heavy (non-hydrogen) atoms. The Bertz CT molecular complexity index is 1040. The van der Waals surface area contributed by atoms with Gasteiger partial charge in [-0.2, -0.15) is 11.8 Å². The minimum absolute atomic E-state index is 0.143. The first-order valence-electron chi connectivity index (χ1n) is 10.1. The van der Waals surface area contributed by atoms with E-state index in [0.717, 1.165) is 17.1 Å². The Morgan fingerprint density at radius 1 is 1.00 bits per heavy atom. The van der Waals surface area contributed by atoms with Crippen LogP contribution in [0, 0.1) is 13.8 Å². The Balaban J connectivity index is 1.57. The SMILES string of the molecule is Cc1ccc(C(=O)N/C(=C\c2ccco2)C(=O)NCCSCc2ccccc2C)cc1. The van der Waals surface area contributed by atoms with Crippen LogP contribution in [0.2, 0.25) is 0 Å². The van der Waals surface area contributed by atoms with Crippen LogP contribution in [0.4, 0.5) is 0 Å². The highest BCUT2D eigenvalue weighted by molar-refractivity contribution is 7.98. The molecule has 0 saturated carbocycles. The van der Waals surface area contributed by atoms with Crippen molar-refractivity contribution in [1.82, 2.24) is 10.6 Å². The maximum Gasteiger partial charge on any atom is 0.267 e. The summed E-state index contributed by atoms with van der Waals surface area (Å²) in [6.07, 6.45) is 3.05. The van der Waals surface area contributed by atoms with E-state index in [4.69, 9.17) is 4.42 Å². The molecule has 0 bridgehead atoms. The molecule has 0 aliphatic carbocycles. The largest absolute Gasteiger partial charge is 0.465 e. The minimum atomic E-state index is -0.353. The lowest BCUT2D eigenvalue weighted by Gasteiger charge is -2.11. The lowest BCUT2D eigenvalue weighted by molar-refractivity contribution is -0.117. The number of benzene rings is 2. The summed E-state index contributed by atoms with van der Waals surface area (Å²) in [4.78, 5) is 25.3. The number of nitrogens with one attached hydrogen (secondary N) is 2. The Morgan fingerprint density at radius 2 is 1.77 bits per heavy atom. The van der Waals surface area contributed by atoms with Crippen molar-refractivity contribution in [3.05, 3.63) is 101 Å². The van der Waals surface area contributed by atoms with Crippen molar-refractivity contribution in [3.8, 4) is 0 Å². The average Bonchev–Trinajstić information content (AvgIpc) is 3.27. The quantitative estimate of drug-likeness (QED) is 0.378. The third kappa shape index (κ3) is 6.89. The summed E-state index contributed by atoms with van der Waals surface area (Å²) in [5, 5.41) is 5.59. The van der Waals surface area contributed by atoms with Gasteiger partial charge in [-0.15, -0.1) is 0 Å². The number of rotatable bonds is 9. The van der Waals surface area contributed by atoms with Crippen LogP contribution in [-0.4, -0.2) is 24.1 Å². The van der Waals surface area contributed by atoms with Crippen LogP contribution in [0.1, 0.15) is 32.8 Å². The van der Waals surface area contributed by atoms with Crippen molar-refractivity contribution < 1.29 is 14.0 Å². The van der Waals surface area contributed by atoms with Gasteiger partial charge < -0.3 is 15.1 Å². The van der Waals surface area contributed by atoms with Gasteiger partial charge in [-0.25, -0.2) is 0 Å². The molecule has 0 aliphatic heterocycles. The standard InChI is InChI=1S/C25H26N2O3S/c1-18-9-11-20(12-10-18)24(28)27-23(16-22-8-5-14-30-22)25(29)26-13-15-31-17-21-7-4-3-6-19(21)2/h3-12,14,16H,13,15,17H2,1-2H3,(H,26,29)(H,27,28)/b23-16-. The molecule has 0 unspecified atom stereocenters. The molecule has 160 valence electrons. The molecule has 3 aromatic rings. The van der Waals surface area contributed by atoms with Crippen molar-refractivity contribution in [2.45, 2.75) is 19.6 Å². The lowest BCUT2D eigenvalue weighted by atomic mass is 10.1. The summed E-state index contributed by atoms with van der Waals surface area (Å²) in [5.41, 5.74) is 4.25. The molecule has 5 nitrogen and oxygen atoms in total. The Morgan fingerprint density at radius 3 is 2.48 bits per heavy atom. The van der Waals surface area contributed by atoms with E-state index in [1.165, 1.54) is 23.5 Å². The molecule has 0 atom stereocenters. The summed E-state index contributed by atoms with van der Waals surface area (Å²) in [7, 11) is 0. The number of hydrogen-bond acceptors (Lipinski definition) is 4. The van der Waals surface area contributed by atoms with E-state index in [9.17, 15) is 9.59 Å². The molecule has 0 saturated heterocycles. The predicted octanol–water partition coefficient (Wildman–Crippen LogP) is 4.72. The number of thioether (sulfide) groups is 1. The van der Waals surface area contributed by atoms with Gasteiger partial charge in [0.1, 0.15) is 11.5 Å². The van der Waals surface area contributed by atoms with Crippen molar-refractivity contribution >= 4 is 29.7 Å². The molecular formula is C25H26N2O3S. The van der Waals surface area contributed by atoms with E-state index in [0.29, 0.717) is 17.9 Å². The van der Waals surface area contributed by atoms with Crippen molar-refractivity contribution in [1.29, 1.82) is 0 Å². The van der Waals surface area contributed by atoms with E-state index in [1.54, 1.807) is 36.0 Å². The van der Waals surface area contributed by atoms with E-state index in [1.807, 2.05) is 31.2 Å². The number of amides is 2. The van der Waals surface area contributed by atoms with Crippen LogP contribution in [0.5, 0.6) is 0 Å². The van der Waals surface area contributed by atoms with Crippen LogP contribution in [0.3, 0.4) is 0 Å². The maximum absolute atomic E-state index is 12.7. The number of hydrogen-bond donors (Lipinski definition) is 2. The van der Waals surface area contributed by atoms with Crippen LogP contribution in [0.15, 0.2) is 77.0 Å². The van der Waals surface area contributed by atoms with Crippen LogP contribution < -0.4 is 10.6 Å². The van der Waals surface area contributed by atoms with Gasteiger partial charge in [0, 0.05) is 29.7 Å². The summed E-state index contributed by atoms with van der Waals surface area (Å²) in [5.74, 6) is 1.44. The molecule has 1 heterocycles. The highest BCUT2D eigenvalue weighted by Crippen LogP contribution is 2.15. The Labute approximate surface area is 186 Å². The molecule has 0 fully saturated rings. The Hall–Kier alpha value is -3.25. The zero-order valence-corrected chi connectivity index (χ0v) is 18.5. The second-order valence-electron chi connectivity index (χ2n) is 7.13. The fourth-order valence-electron chi connectivity index (χ4n) is 2.86. The second-order valence-corrected chi connectivity index (χ2v) is 8.23. The summed E-state index contributed by atoms with van der Waals surface area (Å²) >= 11 is 1.75. The van der Waals surface area contributed by atoms with Crippen LogP contribution in [0.25, 0.3) is 6.08 Å². The average molecular weight is 435 g/mol. The molecule has 0 radical (unpaired) electrons. The van der Waals surface area contributed by atoms with Gasteiger partial charge in [0.25, 0.3) is 11.8 Å². The molecule has 0 aliphatic rings. The van der Waals surface area contributed by atoms with Gasteiger partial charge in [-0.1, -0.05) is 42.0 Å². The highest BCUT2D eigenvalue weighted by Gasteiger charge is 2.15. The molecular weight excluding hydrogens is 408 g/mol. The highest BCUT2D eigenvalue weighted by atomic mass is 32.2. The molecule has 0 spiro atoms. The van der Waals surface area contributed by atoms with Gasteiger partial charge in [0.2, 0.25) is 0 Å². The lowest BCUT2D eigenvalue weighted by Crippen LogP contribution is -2.35. The number of furan rings is 1. The number of aryl methyl sites for hydroxylation is 2. The van der Waals surface area contributed by atoms with Crippen LogP contribution in [-0.2, 0) is 10.5 Å². The minimum Gasteiger partial charge on any atom is -0.465 e. The number of carbonyl (C=O) groups is 2. The van der Waals surface area contributed by atoms with E-state index in [2.05, 4.69) is 29.7 Å². The third-order valence-electron chi connectivity index (χ3n) is 4.69. The molecule has 3 rings (SSSR count). The molecule has 2 amide bonds. The smallest absolute Gasteiger partial charge is 0.267 e. The Kier molecular flexibility index (Phi) is 8.12. The summed E-state index contributed by atoms with van der Waals surface area (Å²) in [6, 6.07) is 18.9. The van der Waals surface area contributed by atoms with Crippen molar-refractivity contribution in [2.75, 3.05) is 12.3 Å². The zero-order chi connectivity index (χ0) is 22.1. The second kappa shape index (κ2) is 11.2. The van der Waals surface area contributed by atoms with Crippen LogP contribution >= 0.6 is 11.8 Å². The topological polar surface area (TPSA) is 71.3 Å². The van der Waals surface area contributed by atoms with E-state index >= 15 is 0 Å². The molecule has 6 heteroatoms. The summed E-state index contributed by atoms with van der Waals surface area (Å²) < 4.78 is 5.31. The zero-order valence-electron chi connectivity index (χ0n) is 17.7. The monoisotopic (exact) mass is 434 g/mol. The molecule has 2 N–H and O–H groups in total. The first-order chi connectivity index (χ1) is 15.0. The summed E-state index contributed by atoms with van der Waals surface area (Å²) in [6.45, 7) is 4.54. The normalized spacial score (nSPS) is 11.2.